The van der Waals surface area contributed by atoms with Crippen molar-refractivity contribution in [3.05, 3.63) is 168 Å². The second kappa shape index (κ2) is 12.5. The predicted octanol–water partition coefficient (Wildman–Crippen LogP) is 5.68. The van der Waals surface area contributed by atoms with Gasteiger partial charge in [-0.1, -0.05) is 178 Å². The summed E-state index contributed by atoms with van der Waals surface area (Å²) in [4.78, 5) is 0. The Morgan fingerprint density at radius 3 is 0.750 bits per heavy atom. The molecule has 5 aromatic carbocycles. The monoisotopic (exact) mass is 498 g/mol. The average Bonchev–Trinajstić information content (AvgIpc) is 2.95. The number of hydrogen-bond donors (Lipinski definition) is 0. The van der Waals surface area contributed by atoms with Gasteiger partial charge in [-0.05, 0) is 24.2 Å². The van der Waals surface area contributed by atoms with Crippen molar-refractivity contribution in [1.82, 2.24) is 0 Å². The molecule has 5 rings (SSSR count). The van der Waals surface area contributed by atoms with E-state index in [-0.39, 0.29) is 0 Å². The Morgan fingerprint density at radius 1 is 0.278 bits per heavy atom. The Labute approximate surface area is 219 Å². The van der Waals surface area contributed by atoms with Crippen LogP contribution >= 0.6 is 0 Å². The van der Waals surface area contributed by atoms with E-state index in [0.717, 1.165) is 0 Å². The lowest BCUT2D eigenvalue weighted by Gasteiger charge is -2.25. The minimum atomic E-state index is -1.32. The first-order chi connectivity index (χ1) is 17.8. The summed E-state index contributed by atoms with van der Waals surface area (Å²) in [7, 11) is -2.64. The molecule has 0 aliphatic heterocycles. The van der Waals surface area contributed by atoms with Gasteiger partial charge in [0.25, 0.3) is 0 Å². The molecule has 0 amide bonds. The van der Waals surface area contributed by atoms with Crippen LogP contribution in [0, 0.1) is 0 Å². The van der Waals surface area contributed by atoms with Crippen molar-refractivity contribution in [3.8, 4) is 0 Å². The van der Waals surface area contributed by atoms with Crippen molar-refractivity contribution in [2.24, 2.45) is 0 Å². The Bertz CT molecular complexity index is 1130. The summed E-state index contributed by atoms with van der Waals surface area (Å²) in [6, 6.07) is 58.9. The smallest absolute Gasteiger partial charge is 0.0634 e. The van der Waals surface area contributed by atoms with Crippen molar-refractivity contribution in [2.75, 3.05) is 0 Å². The largest absolute Gasteiger partial charge is 0.0792 e. The Hall–Kier alpha value is -3.47. The van der Waals surface area contributed by atoms with Crippen LogP contribution in [0.1, 0.15) is 22.3 Å². The first kappa shape index (κ1) is 24.2. The van der Waals surface area contributed by atoms with Crippen LogP contribution in [0.5, 0.6) is 0 Å². The summed E-state index contributed by atoms with van der Waals surface area (Å²) >= 11 is 0. The predicted molar refractivity (Wildman–Crippen MR) is 161 cm³/mol. The minimum absolute atomic E-state index is 1.20. The Kier molecular flexibility index (Phi) is 8.40. The summed E-state index contributed by atoms with van der Waals surface area (Å²) < 4.78 is 0. The van der Waals surface area contributed by atoms with Crippen LogP contribution in [0.4, 0.5) is 0 Å². The molecule has 0 bridgehead atoms. The fourth-order valence-electron chi connectivity index (χ4n) is 5.43. The molecule has 0 fully saturated rings. The van der Waals surface area contributed by atoms with Crippen molar-refractivity contribution in [2.45, 2.75) is 24.2 Å². The summed E-state index contributed by atoms with van der Waals surface area (Å²) in [6.07, 6.45) is 0. The summed E-state index contributed by atoms with van der Waals surface area (Å²) in [5.74, 6) is 0. The highest BCUT2D eigenvalue weighted by Crippen LogP contribution is 2.12. The SMILES string of the molecule is c1ccc(C[SiH](Cc2ccccc2)c2ccccc2[SiH](Cc2ccccc2)Cc2ccccc2)cc1. The standard InChI is InChI=1S/C34H34Si2/c1-5-15-29(16-6-1)25-35(26-30-17-7-2-8-18-30)33-23-13-14-24-34(33)36(27-31-19-9-3-10-20-31)28-32-21-11-4-12-22-32/h1-24,35-36H,25-28H2. The van der Waals surface area contributed by atoms with Gasteiger partial charge in [0.05, 0.1) is 17.6 Å². The van der Waals surface area contributed by atoms with E-state index in [0.29, 0.717) is 0 Å². The fourth-order valence-corrected chi connectivity index (χ4v) is 13.3. The fraction of sp³-hybridized carbons (Fsp3) is 0.118. The zero-order valence-corrected chi connectivity index (χ0v) is 23.1. The van der Waals surface area contributed by atoms with E-state index in [2.05, 4.69) is 146 Å². The topological polar surface area (TPSA) is 0 Å². The molecule has 36 heavy (non-hydrogen) atoms. The zero-order chi connectivity index (χ0) is 24.4. The van der Waals surface area contributed by atoms with Gasteiger partial charge >= 0.3 is 0 Å². The molecular weight excluding hydrogens is 465 g/mol. The number of benzene rings is 5. The molecule has 5 aromatic rings. The van der Waals surface area contributed by atoms with Gasteiger partial charge < -0.3 is 0 Å². The molecule has 0 N–H and O–H groups in total. The van der Waals surface area contributed by atoms with E-state index >= 15 is 0 Å². The molecule has 2 heteroatoms. The molecule has 0 radical (unpaired) electrons. The Balaban J connectivity index is 1.54. The lowest BCUT2D eigenvalue weighted by atomic mass is 10.2. The van der Waals surface area contributed by atoms with Crippen molar-refractivity contribution >= 4 is 28.0 Å². The summed E-state index contributed by atoms with van der Waals surface area (Å²) in [5.41, 5.74) is 5.90. The highest BCUT2D eigenvalue weighted by molar-refractivity contribution is 6.83. The second-order valence-electron chi connectivity index (χ2n) is 9.78. The maximum atomic E-state index is 2.48. The Morgan fingerprint density at radius 2 is 0.500 bits per heavy atom. The van der Waals surface area contributed by atoms with Crippen LogP contribution in [0.3, 0.4) is 0 Å². The van der Waals surface area contributed by atoms with E-state index in [4.69, 9.17) is 0 Å². The molecule has 0 atom stereocenters. The van der Waals surface area contributed by atoms with Crippen LogP contribution in [-0.4, -0.2) is 17.6 Å². The summed E-state index contributed by atoms with van der Waals surface area (Å²) in [6.45, 7) is 0. The van der Waals surface area contributed by atoms with Gasteiger partial charge in [0.2, 0.25) is 0 Å². The van der Waals surface area contributed by atoms with Gasteiger partial charge in [0.1, 0.15) is 0 Å². The highest BCUT2D eigenvalue weighted by Gasteiger charge is 2.24. The van der Waals surface area contributed by atoms with Crippen LogP contribution in [0.25, 0.3) is 0 Å². The zero-order valence-electron chi connectivity index (χ0n) is 20.8. The molecule has 0 nitrogen and oxygen atoms in total. The normalized spacial score (nSPS) is 11.2. The number of hydrogen-bond acceptors (Lipinski definition) is 0. The lowest BCUT2D eigenvalue weighted by Crippen LogP contribution is -2.52. The van der Waals surface area contributed by atoms with Crippen molar-refractivity contribution < 1.29 is 0 Å². The van der Waals surface area contributed by atoms with E-state index < -0.39 is 17.6 Å². The molecule has 0 heterocycles. The molecule has 0 aliphatic rings. The number of rotatable bonds is 10. The van der Waals surface area contributed by atoms with E-state index in [1.165, 1.54) is 46.4 Å². The molecule has 0 aliphatic carbocycles. The highest BCUT2D eigenvalue weighted by atomic mass is 28.3. The molecule has 0 aromatic heterocycles. The van der Waals surface area contributed by atoms with Gasteiger partial charge in [-0.15, -0.1) is 0 Å². The maximum absolute atomic E-state index is 2.48. The lowest BCUT2D eigenvalue weighted by molar-refractivity contribution is 1.27. The van der Waals surface area contributed by atoms with Gasteiger partial charge in [0.15, 0.2) is 0 Å². The summed E-state index contributed by atoms with van der Waals surface area (Å²) in [5, 5.41) is 3.38. The molecule has 0 saturated heterocycles. The second-order valence-corrected chi connectivity index (χ2v) is 15.4. The van der Waals surface area contributed by atoms with Crippen molar-refractivity contribution in [1.29, 1.82) is 0 Å². The first-order valence-electron chi connectivity index (χ1n) is 13.1. The third-order valence-electron chi connectivity index (χ3n) is 7.18. The molecule has 178 valence electrons. The van der Waals surface area contributed by atoms with Gasteiger partial charge in [-0.3, -0.25) is 0 Å². The molecular formula is C34H34Si2. The van der Waals surface area contributed by atoms with Crippen molar-refractivity contribution in [3.63, 3.8) is 0 Å². The molecule has 0 unspecified atom stereocenters. The van der Waals surface area contributed by atoms with E-state index in [1.807, 2.05) is 0 Å². The third kappa shape index (κ3) is 6.60. The quantitative estimate of drug-likeness (QED) is 0.217. The third-order valence-corrected chi connectivity index (χ3v) is 14.2. The van der Waals surface area contributed by atoms with Crippen LogP contribution in [-0.2, 0) is 24.2 Å². The minimum Gasteiger partial charge on any atom is -0.0634 e. The molecule has 0 spiro atoms. The van der Waals surface area contributed by atoms with E-state index in [9.17, 15) is 0 Å². The molecule has 0 saturated carbocycles. The van der Waals surface area contributed by atoms with Gasteiger partial charge in [-0.2, -0.15) is 0 Å². The van der Waals surface area contributed by atoms with Gasteiger partial charge in [0, 0.05) is 0 Å². The van der Waals surface area contributed by atoms with Crippen LogP contribution in [0.15, 0.2) is 146 Å². The maximum Gasteiger partial charge on any atom is 0.0792 e. The van der Waals surface area contributed by atoms with Crippen LogP contribution in [0.2, 0.25) is 0 Å². The van der Waals surface area contributed by atoms with Gasteiger partial charge in [-0.25, -0.2) is 0 Å². The van der Waals surface area contributed by atoms with Crippen LogP contribution < -0.4 is 10.4 Å². The average molecular weight is 499 g/mol. The first-order valence-corrected chi connectivity index (χ1v) is 17.5. The van der Waals surface area contributed by atoms with E-state index in [1.54, 1.807) is 10.4 Å².